The highest BCUT2D eigenvalue weighted by Gasteiger charge is 2.41. The van der Waals surface area contributed by atoms with Gasteiger partial charge in [0.1, 0.15) is 17.5 Å². The van der Waals surface area contributed by atoms with Gasteiger partial charge < -0.3 is 19.2 Å². The van der Waals surface area contributed by atoms with E-state index < -0.39 is 29.4 Å². The lowest BCUT2D eigenvalue weighted by Crippen LogP contribution is -2.62. The first-order valence-corrected chi connectivity index (χ1v) is 8.80. The van der Waals surface area contributed by atoms with Crippen molar-refractivity contribution in [3.8, 4) is 0 Å². The van der Waals surface area contributed by atoms with E-state index in [2.05, 4.69) is 0 Å². The Hall–Kier alpha value is -1.79. The summed E-state index contributed by atoms with van der Waals surface area (Å²) in [6, 6.07) is -0.639. The van der Waals surface area contributed by atoms with E-state index in [1.54, 1.807) is 30.6 Å². The van der Waals surface area contributed by atoms with Crippen LogP contribution in [0.25, 0.3) is 0 Å². The minimum absolute atomic E-state index is 0.148. The molecule has 25 heavy (non-hydrogen) atoms. The molecule has 1 fully saturated rings. The zero-order valence-electron chi connectivity index (χ0n) is 16.5. The highest BCUT2D eigenvalue weighted by Crippen LogP contribution is 2.24. The first-order chi connectivity index (χ1) is 11.4. The average Bonchev–Trinajstić information content (AvgIpc) is 2.42. The predicted octanol–water partition coefficient (Wildman–Crippen LogP) is 3.21. The van der Waals surface area contributed by atoms with Crippen molar-refractivity contribution in [2.45, 2.75) is 84.6 Å². The Morgan fingerprint density at radius 3 is 1.88 bits per heavy atom. The van der Waals surface area contributed by atoms with Crippen LogP contribution in [0.5, 0.6) is 0 Å². The first-order valence-electron chi connectivity index (χ1n) is 8.80. The van der Waals surface area contributed by atoms with Crippen LogP contribution in [-0.4, -0.2) is 64.6 Å². The number of carbonyl (C=O) groups excluding carboxylic acids is 3. The molecule has 1 rings (SSSR count). The van der Waals surface area contributed by atoms with E-state index in [1.807, 2.05) is 27.7 Å². The van der Waals surface area contributed by atoms with Crippen LogP contribution in [0.3, 0.4) is 0 Å². The molecule has 7 heteroatoms. The van der Waals surface area contributed by atoms with Crippen molar-refractivity contribution in [1.29, 1.82) is 0 Å². The molecule has 1 saturated heterocycles. The Labute approximate surface area is 150 Å². The van der Waals surface area contributed by atoms with E-state index >= 15 is 0 Å². The van der Waals surface area contributed by atoms with Gasteiger partial charge in [-0.05, 0) is 48.0 Å². The number of nitrogens with zero attached hydrogens (tertiary/aromatic N) is 2. The third-order valence-corrected chi connectivity index (χ3v) is 3.74. The average molecular weight is 356 g/mol. The van der Waals surface area contributed by atoms with Gasteiger partial charge in [0.2, 0.25) is 0 Å². The lowest BCUT2D eigenvalue weighted by atomic mass is 10.0. The van der Waals surface area contributed by atoms with Crippen LogP contribution < -0.4 is 0 Å². The number of ether oxygens (including phenoxy) is 2. The summed E-state index contributed by atoms with van der Waals surface area (Å²) in [5, 5.41) is 0. The molecule has 7 nitrogen and oxygen atoms in total. The molecule has 0 unspecified atom stereocenters. The fourth-order valence-electron chi connectivity index (χ4n) is 2.77. The molecule has 0 saturated carbocycles. The van der Waals surface area contributed by atoms with E-state index in [9.17, 15) is 14.4 Å². The summed E-state index contributed by atoms with van der Waals surface area (Å²) in [5.74, 6) is 0. The van der Waals surface area contributed by atoms with Crippen LogP contribution >= 0.6 is 0 Å². The summed E-state index contributed by atoms with van der Waals surface area (Å²) in [6.45, 7) is 13.4. The van der Waals surface area contributed by atoms with Gasteiger partial charge in [-0.1, -0.05) is 6.92 Å². The van der Waals surface area contributed by atoms with Crippen molar-refractivity contribution in [3.05, 3.63) is 0 Å². The van der Waals surface area contributed by atoms with Gasteiger partial charge in [0, 0.05) is 19.5 Å². The Kier molecular flexibility index (Phi) is 6.85. The number of rotatable bonds is 3. The quantitative estimate of drug-likeness (QED) is 0.726. The van der Waals surface area contributed by atoms with Gasteiger partial charge in [0.25, 0.3) is 0 Å². The number of amides is 2. The zero-order chi connectivity index (χ0) is 19.4. The van der Waals surface area contributed by atoms with Gasteiger partial charge in [-0.3, -0.25) is 4.90 Å². The van der Waals surface area contributed by atoms with Gasteiger partial charge in [0.15, 0.2) is 0 Å². The standard InChI is InChI=1S/C18H32N2O5/c1-8-13-11-19(15(22)24-17(2,3)4)12-14(9-10-21)20(13)16(23)25-18(5,6)7/h10,13-14H,8-9,11-12H2,1-7H3/t13-,14+/m1/s1. The van der Waals surface area contributed by atoms with Crippen molar-refractivity contribution in [2.24, 2.45) is 0 Å². The molecule has 0 aromatic carbocycles. The summed E-state index contributed by atoms with van der Waals surface area (Å²) in [6.07, 6.45) is 0.691. The second kappa shape index (κ2) is 8.06. The molecule has 1 aliphatic heterocycles. The van der Waals surface area contributed by atoms with Crippen molar-refractivity contribution >= 4 is 18.5 Å². The second-order valence-corrected chi connectivity index (χ2v) is 8.39. The maximum atomic E-state index is 12.6. The smallest absolute Gasteiger partial charge is 0.410 e. The van der Waals surface area contributed by atoms with Crippen LogP contribution in [0, 0.1) is 0 Å². The van der Waals surface area contributed by atoms with Crippen LogP contribution in [0.1, 0.15) is 61.3 Å². The maximum absolute atomic E-state index is 12.6. The molecule has 1 heterocycles. The highest BCUT2D eigenvalue weighted by molar-refractivity contribution is 5.72. The van der Waals surface area contributed by atoms with Gasteiger partial charge in [0.05, 0.1) is 12.1 Å². The predicted molar refractivity (Wildman–Crippen MR) is 94.4 cm³/mol. The normalized spacial score (nSPS) is 21.7. The van der Waals surface area contributed by atoms with Crippen molar-refractivity contribution in [3.63, 3.8) is 0 Å². The molecule has 2 amide bonds. The lowest BCUT2D eigenvalue weighted by Gasteiger charge is -2.46. The number of aldehydes is 1. The monoisotopic (exact) mass is 356 g/mol. The van der Waals surface area contributed by atoms with Crippen molar-refractivity contribution in [2.75, 3.05) is 13.1 Å². The summed E-state index contributed by atoms with van der Waals surface area (Å²) in [4.78, 5) is 39.3. The van der Waals surface area contributed by atoms with E-state index in [0.29, 0.717) is 13.0 Å². The van der Waals surface area contributed by atoms with Gasteiger partial charge in [-0.25, -0.2) is 9.59 Å². The van der Waals surface area contributed by atoms with Crippen molar-refractivity contribution in [1.82, 2.24) is 9.80 Å². The zero-order valence-corrected chi connectivity index (χ0v) is 16.5. The molecular weight excluding hydrogens is 324 g/mol. The minimum atomic E-state index is -0.622. The molecule has 0 aliphatic carbocycles. The Morgan fingerprint density at radius 2 is 1.44 bits per heavy atom. The van der Waals surface area contributed by atoms with Crippen molar-refractivity contribution < 1.29 is 23.9 Å². The molecule has 0 aromatic heterocycles. The second-order valence-electron chi connectivity index (χ2n) is 8.39. The fourth-order valence-corrected chi connectivity index (χ4v) is 2.77. The molecule has 0 bridgehead atoms. The lowest BCUT2D eigenvalue weighted by molar-refractivity contribution is -0.110. The van der Waals surface area contributed by atoms with E-state index in [0.717, 1.165) is 6.29 Å². The summed E-state index contributed by atoms with van der Waals surface area (Å²) >= 11 is 0. The molecule has 144 valence electrons. The minimum Gasteiger partial charge on any atom is -0.444 e. The van der Waals surface area contributed by atoms with Crippen LogP contribution in [-0.2, 0) is 14.3 Å². The third kappa shape index (κ3) is 6.55. The maximum Gasteiger partial charge on any atom is 0.410 e. The van der Waals surface area contributed by atoms with E-state index in [4.69, 9.17) is 9.47 Å². The van der Waals surface area contributed by atoms with E-state index in [-0.39, 0.29) is 19.0 Å². The highest BCUT2D eigenvalue weighted by atomic mass is 16.6. The number of hydrogen-bond donors (Lipinski definition) is 0. The summed E-state index contributed by atoms with van der Waals surface area (Å²) in [5.41, 5.74) is -1.22. The van der Waals surface area contributed by atoms with Gasteiger partial charge in [-0.2, -0.15) is 0 Å². The summed E-state index contributed by atoms with van der Waals surface area (Å²) in [7, 11) is 0. The first kappa shape index (κ1) is 21.3. The Balaban J connectivity index is 2.99. The number of piperazine rings is 1. The van der Waals surface area contributed by atoms with Gasteiger partial charge >= 0.3 is 12.2 Å². The topological polar surface area (TPSA) is 76.2 Å². The van der Waals surface area contributed by atoms with Gasteiger partial charge in [-0.15, -0.1) is 0 Å². The third-order valence-electron chi connectivity index (χ3n) is 3.74. The molecule has 2 atom stereocenters. The van der Waals surface area contributed by atoms with Crippen LogP contribution in [0.4, 0.5) is 9.59 Å². The molecular formula is C18H32N2O5. The van der Waals surface area contributed by atoms with E-state index in [1.165, 1.54) is 0 Å². The molecule has 1 aliphatic rings. The molecule has 0 spiro atoms. The number of hydrogen-bond acceptors (Lipinski definition) is 5. The Morgan fingerprint density at radius 1 is 0.960 bits per heavy atom. The molecule has 0 N–H and O–H groups in total. The van der Waals surface area contributed by atoms with Crippen LogP contribution in [0.2, 0.25) is 0 Å². The fraction of sp³-hybridized carbons (Fsp3) is 0.833. The summed E-state index contributed by atoms with van der Waals surface area (Å²) < 4.78 is 10.9. The molecule has 0 radical (unpaired) electrons. The SMILES string of the molecule is CC[C@@H]1CN(C(=O)OC(C)(C)C)C[C@H](CC=O)N1C(=O)OC(C)(C)C. The Bertz CT molecular complexity index is 493. The number of carbonyl (C=O) groups is 3. The van der Waals surface area contributed by atoms with Crippen LogP contribution in [0.15, 0.2) is 0 Å². The molecule has 0 aromatic rings. The largest absolute Gasteiger partial charge is 0.444 e.